The molecule has 180 valence electrons. The van der Waals surface area contributed by atoms with Crippen LogP contribution in [0.5, 0.6) is 17.2 Å². The van der Waals surface area contributed by atoms with Crippen molar-refractivity contribution in [2.24, 2.45) is 0 Å². The van der Waals surface area contributed by atoms with E-state index in [-0.39, 0.29) is 6.61 Å². The largest absolute Gasteiger partial charge is 0.493 e. The van der Waals surface area contributed by atoms with Crippen molar-refractivity contribution in [1.29, 1.82) is 0 Å². The van der Waals surface area contributed by atoms with Gasteiger partial charge < -0.3 is 24.6 Å². The van der Waals surface area contributed by atoms with Gasteiger partial charge >= 0.3 is 6.09 Å². The van der Waals surface area contributed by atoms with E-state index in [1.807, 2.05) is 48.5 Å². The van der Waals surface area contributed by atoms with E-state index >= 15 is 0 Å². The highest BCUT2D eigenvalue weighted by molar-refractivity contribution is 5.75. The quantitative estimate of drug-likeness (QED) is 0.379. The molecule has 3 aromatic carbocycles. The number of carbonyl (C=O) groups excluding carboxylic acids is 1. The second-order valence-corrected chi connectivity index (χ2v) is 7.54. The standard InChI is InChI=1S/C25H25N5O5/c1-33-23-8-7-17(11-24(23)34-2)9-10-26-25(32)35-21-13-19(22-6-4-3-5-18(22)15-31)12-20(14-21)30-16-27-28-29-30/h3-8,11-14,16,31H,9-10,15H2,1-2H3,(H,26,32). The maximum Gasteiger partial charge on any atom is 0.412 e. The van der Waals surface area contributed by atoms with Crippen LogP contribution in [0.1, 0.15) is 11.1 Å². The number of hydrogen-bond acceptors (Lipinski definition) is 8. The lowest BCUT2D eigenvalue weighted by atomic mass is 9.99. The summed E-state index contributed by atoms with van der Waals surface area (Å²) in [6.07, 6.45) is 1.43. The molecule has 0 unspecified atom stereocenters. The van der Waals surface area contributed by atoms with Crippen molar-refractivity contribution in [3.8, 4) is 34.1 Å². The number of nitrogens with zero attached hydrogens (tertiary/aromatic N) is 4. The maximum absolute atomic E-state index is 12.5. The Morgan fingerprint density at radius 1 is 1.03 bits per heavy atom. The van der Waals surface area contributed by atoms with Gasteiger partial charge in [-0.1, -0.05) is 30.3 Å². The molecule has 4 rings (SSSR count). The number of carbonyl (C=O) groups is 1. The Balaban J connectivity index is 1.49. The average molecular weight is 476 g/mol. The van der Waals surface area contributed by atoms with Crippen molar-refractivity contribution >= 4 is 6.09 Å². The Morgan fingerprint density at radius 2 is 1.86 bits per heavy atom. The molecule has 0 spiro atoms. The molecule has 1 heterocycles. The summed E-state index contributed by atoms with van der Waals surface area (Å²) >= 11 is 0. The number of rotatable bonds is 9. The second-order valence-electron chi connectivity index (χ2n) is 7.54. The summed E-state index contributed by atoms with van der Waals surface area (Å²) in [6, 6.07) is 18.3. The topological polar surface area (TPSA) is 121 Å². The zero-order valence-corrected chi connectivity index (χ0v) is 19.3. The van der Waals surface area contributed by atoms with Crippen molar-refractivity contribution in [2.75, 3.05) is 20.8 Å². The summed E-state index contributed by atoms with van der Waals surface area (Å²) in [5.74, 6) is 1.58. The highest BCUT2D eigenvalue weighted by atomic mass is 16.6. The molecule has 35 heavy (non-hydrogen) atoms. The van der Waals surface area contributed by atoms with Crippen LogP contribution in [0, 0.1) is 0 Å². The second kappa shape index (κ2) is 11.1. The summed E-state index contributed by atoms with van der Waals surface area (Å²) in [5, 5.41) is 23.8. The Hall–Kier alpha value is -4.44. The highest BCUT2D eigenvalue weighted by Gasteiger charge is 2.13. The van der Waals surface area contributed by atoms with E-state index in [1.54, 1.807) is 26.4 Å². The molecular formula is C25H25N5O5. The van der Waals surface area contributed by atoms with Gasteiger partial charge in [0, 0.05) is 12.6 Å². The summed E-state index contributed by atoms with van der Waals surface area (Å²) in [5.41, 5.74) is 3.88. The van der Waals surface area contributed by atoms with Gasteiger partial charge in [-0.15, -0.1) is 5.10 Å². The molecule has 10 nitrogen and oxygen atoms in total. The molecule has 2 N–H and O–H groups in total. The number of methoxy groups -OCH3 is 2. The van der Waals surface area contributed by atoms with Crippen LogP contribution < -0.4 is 19.5 Å². The lowest BCUT2D eigenvalue weighted by Crippen LogP contribution is -2.28. The van der Waals surface area contributed by atoms with E-state index in [0.29, 0.717) is 35.9 Å². The third-order valence-corrected chi connectivity index (χ3v) is 5.35. The molecule has 0 saturated carbocycles. The van der Waals surface area contributed by atoms with Crippen molar-refractivity contribution in [2.45, 2.75) is 13.0 Å². The van der Waals surface area contributed by atoms with Crippen molar-refractivity contribution in [3.63, 3.8) is 0 Å². The Bertz CT molecular complexity index is 1290. The van der Waals surface area contributed by atoms with E-state index in [1.165, 1.54) is 11.0 Å². The van der Waals surface area contributed by atoms with Crippen molar-refractivity contribution in [1.82, 2.24) is 25.5 Å². The fourth-order valence-electron chi connectivity index (χ4n) is 3.64. The van der Waals surface area contributed by atoms with Crippen LogP contribution in [-0.4, -0.2) is 52.2 Å². The molecule has 0 aliphatic heterocycles. The summed E-state index contributed by atoms with van der Waals surface area (Å²) < 4.78 is 17.6. The number of aromatic nitrogens is 4. The van der Waals surface area contributed by atoms with Crippen LogP contribution >= 0.6 is 0 Å². The molecule has 4 aromatic rings. The van der Waals surface area contributed by atoms with E-state index < -0.39 is 6.09 Å². The van der Waals surface area contributed by atoms with E-state index in [4.69, 9.17) is 14.2 Å². The summed E-state index contributed by atoms with van der Waals surface area (Å²) in [4.78, 5) is 12.5. The van der Waals surface area contributed by atoms with Gasteiger partial charge in [-0.3, -0.25) is 0 Å². The van der Waals surface area contributed by atoms with E-state index in [9.17, 15) is 9.90 Å². The van der Waals surface area contributed by atoms with Crippen molar-refractivity contribution in [3.05, 3.63) is 78.1 Å². The van der Waals surface area contributed by atoms with Crippen LogP contribution in [0.15, 0.2) is 67.0 Å². The Kier molecular flexibility index (Phi) is 7.53. The molecule has 0 aliphatic rings. The first kappa shape index (κ1) is 23.7. The first-order valence-electron chi connectivity index (χ1n) is 10.9. The predicted octanol–water partition coefficient (Wildman–Crippen LogP) is 3.17. The third kappa shape index (κ3) is 5.74. The smallest absolute Gasteiger partial charge is 0.412 e. The lowest BCUT2D eigenvalue weighted by molar-refractivity contribution is 0.200. The van der Waals surface area contributed by atoms with Crippen LogP contribution in [-0.2, 0) is 13.0 Å². The molecule has 0 bridgehead atoms. The monoisotopic (exact) mass is 475 g/mol. The van der Waals surface area contributed by atoms with Gasteiger partial charge in [0.15, 0.2) is 11.5 Å². The van der Waals surface area contributed by atoms with Gasteiger partial charge in [-0.2, -0.15) is 0 Å². The van der Waals surface area contributed by atoms with E-state index in [2.05, 4.69) is 20.8 Å². The van der Waals surface area contributed by atoms with Gasteiger partial charge in [0.2, 0.25) is 0 Å². The minimum Gasteiger partial charge on any atom is -0.493 e. The molecule has 0 atom stereocenters. The van der Waals surface area contributed by atoms with E-state index in [0.717, 1.165) is 22.3 Å². The number of tetrazole rings is 1. The minimum absolute atomic E-state index is 0.127. The first-order valence-corrected chi connectivity index (χ1v) is 10.9. The zero-order chi connectivity index (χ0) is 24.6. The van der Waals surface area contributed by atoms with Crippen LogP contribution in [0.25, 0.3) is 16.8 Å². The number of aliphatic hydroxyl groups excluding tert-OH is 1. The number of nitrogens with one attached hydrogen (secondary N) is 1. The number of amides is 1. The molecule has 0 fully saturated rings. The molecule has 0 saturated heterocycles. The summed E-state index contributed by atoms with van der Waals surface area (Å²) in [6.45, 7) is 0.235. The fourth-order valence-corrected chi connectivity index (χ4v) is 3.64. The molecule has 0 radical (unpaired) electrons. The number of ether oxygens (including phenoxy) is 3. The lowest BCUT2D eigenvalue weighted by Gasteiger charge is -2.13. The highest BCUT2D eigenvalue weighted by Crippen LogP contribution is 2.30. The molecular weight excluding hydrogens is 450 g/mol. The predicted molar refractivity (Wildman–Crippen MR) is 128 cm³/mol. The van der Waals surface area contributed by atoms with Crippen LogP contribution in [0.4, 0.5) is 4.79 Å². The normalized spacial score (nSPS) is 10.6. The minimum atomic E-state index is -0.597. The van der Waals surface area contributed by atoms with Gasteiger partial charge in [0.25, 0.3) is 0 Å². The van der Waals surface area contributed by atoms with Crippen LogP contribution in [0.2, 0.25) is 0 Å². The van der Waals surface area contributed by atoms with Gasteiger partial charge in [-0.05, 0) is 63.4 Å². The fraction of sp³-hybridized carbons (Fsp3) is 0.200. The number of hydrogen-bond donors (Lipinski definition) is 2. The molecule has 1 amide bonds. The first-order chi connectivity index (χ1) is 17.1. The summed E-state index contributed by atoms with van der Waals surface area (Å²) in [7, 11) is 3.16. The Labute approximate surface area is 202 Å². The zero-order valence-electron chi connectivity index (χ0n) is 19.3. The number of aliphatic hydroxyl groups is 1. The van der Waals surface area contributed by atoms with Gasteiger partial charge in [0.1, 0.15) is 12.1 Å². The average Bonchev–Trinajstić information content (AvgIpc) is 3.43. The van der Waals surface area contributed by atoms with Crippen LogP contribution in [0.3, 0.4) is 0 Å². The molecule has 10 heteroatoms. The Morgan fingerprint density at radius 3 is 2.60 bits per heavy atom. The molecule has 1 aromatic heterocycles. The SMILES string of the molecule is COc1ccc(CCNC(=O)Oc2cc(-c3ccccc3CO)cc(-n3cnnn3)c2)cc1OC. The third-order valence-electron chi connectivity index (χ3n) is 5.35. The van der Waals surface area contributed by atoms with Gasteiger partial charge in [-0.25, -0.2) is 9.48 Å². The van der Waals surface area contributed by atoms with Gasteiger partial charge in [0.05, 0.1) is 26.5 Å². The van der Waals surface area contributed by atoms with Crippen molar-refractivity contribution < 1.29 is 24.1 Å². The molecule has 0 aliphatic carbocycles. The maximum atomic E-state index is 12.5. The number of benzene rings is 3.